The number of phenols is 1. The fourth-order valence-corrected chi connectivity index (χ4v) is 3.42. The lowest BCUT2D eigenvalue weighted by molar-refractivity contribution is 0.0500. The Kier molecular flexibility index (Phi) is 5.04. The summed E-state index contributed by atoms with van der Waals surface area (Å²) in [7, 11) is 0. The largest absolute Gasteiger partial charge is 0.508 e. The van der Waals surface area contributed by atoms with Crippen molar-refractivity contribution in [3.8, 4) is 28.2 Å². The van der Waals surface area contributed by atoms with Crippen LogP contribution < -0.4 is 5.43 Å². The molecule has 1 N–H and O–H groups in total. The van der Waals surface area contributed by atoms with E-state index in [2.05, 4.69) is 0 Å². The van der Waals surface area contributed by atoms with Crippen LogP contribution in [0.3, 0.4) is 0 Å². The van der Waals surface area contributed by atoms with Crippen LogP contribution in [0.5, 0.6) is 5.75 Å². The van der Waals surface area contributed by atoms with Crippen LogP contribution in [0.15, 0.2) is 69.9 Å². The van der Waals surface area contributed by atoms with Crippen LogP contribution in [-0.4, -0.2) is 17.7 Å². The van der Waals surface area contributed by atoms with Crippen molar-refractivity contribution in [3.63, 3.8) is 0 Å². The first-order valence-corrected chi connectivity index (χ1v) is 9.54. The van der Waals surface area contributed by atoms with E-state index < -0.39 is 5.97 Å². The normalized spacial score (nSPS) is 11.1. The van der Waals surface area contributed by atoms with Gasteiger partial charge in [-0.2, -0.15) is 0 Å². The molecule has 2 aromatic rings. The summed E-state index contributed by atoms with van der Waals surface area (Å²) in [6.45, 7) is 2.40. The maximum atomic E-state index is 12.8. The summed E-state index contributed by atoms with van der Waals surface area (Å²) in [6.07, 6.45) is 1.74. The first-order valence-electron chi connectivity index (χ1n) is 9.54. The Balaban J connectivity index is 1.99. The molecule has 2 aliphatic rings. The molecule has 4 rings (SSSR count). The molecule has 0 unspecified atom stereocenters. The van der Waals surface area contributed by atoms with E-state index in [0.29, 0.717) is 34.6 Å². The average Bonchev–Trinajstić information content (AvgIpc) is 2.72. The predicted octanol–water partition coefficient (Wildman–Crippen LogP) is 5.23. The highest BCUT2D eigenvalue weighted by atomic mass is 16.5. The number of carbonyl (C=O) groups excluding carboxylic acids is 1. The molecule has 0 bridgehead atoms. The van der Waals surface area contributed by atoms with E-state index in [1.54, 1.807) is 30.3 Å². The van der Waals surface area contributed by atoms with Gasteiger partial charge in [0.05, 0.1) is 12.2 Å². The van der Waals surface area contributed by atoms with Crippen molar-refractivity contribution in [3.05, 3.63) is 76.5 Å². The maximum absolute atomic E-state index is 12.8. The Bertz CT molecular complexity index is 1220. The van der Waals surface area contributed by atoms with Gasteiger partial charge >= 0.3 is 5.97 Å². The number of ether oxygens (including phenoxy) is 1. The van der Waals surface area contributed by atoms with Crippen molar-refractivity contribution >= 4 is 16.9 Å². The number of phenolic OH excluding ortho intramolecular Hbond substituents is 1. The van der Waals surface area contributed by atoms with E-state index in [9.17, 15) is 14.7 Å². The molecule has 0 amide bonds. The smallest absolute Gasteiger partial charge is 0.338 e. The Hall–Kier alpha value is -3.60. The van der Waals surface area contributed by atoms with Gasteiger partial charge in [0.15, 0.2) is 5.43 Å². The highest BCUT2D eigenvalue weighted by Gasteiger charge is 2.22. The Morgan fingerprint density at radius 1 is 1.03 bits per heavy atom. The Morgan fingerprint density at radius 2 is 1.86 bits per heavy atom. The lowest BCUT2D eigenvalue weighted by Gasteiger charge is -2.17. The molecule has 0 spiro atoms. The lowest BCUT2D eigenvalue weighted by atomic mass is 9.91. The van der Waals surface area contributed by atoms with E-state index in [1.807, 2.05) is 19.1 Å². The maximum Gasteiger partial charge on any atom is 0.338 e. The molecule has 0 radical (unpaired) electrons. The van der Waals surface area contributed by atoms with E-state index >= 15 is 0 Å². The monoisotopic (exact) mass is 388 g/mol. The number of fused-ring (bicyclic) bond motifs is 2. The van der Waals surface area contributed by atoms with E-state index in [1.165, 1.54) is 18.2 Å². The quantitative estimate of drug-likeness (QED) is 0.288. The van der Waals surface area contributed by atoms with Crippen LogP contribution in [0.25, 0.3) is 33.4 Å². The number of rotatable bonds is 5. The molecule has 1 aliphatic heterocycles. The third kappa shape index (κ3) is 3.59. The molecule has 1 aliphatic carbocycles. The van der Waals surface area contributed by atoms with Gasteiger partial charge in [-0.3, -0.25) is 4.79 Å². The molecular formula is C24H20O5. The van der Waals surface area contributed by atoms with E-state index in [-0.39, 0.29) is 11.2 Å². The van der Waals surface area contributed by atoms with Crippen molar-refractivity contribution in [2.24, 2.45) is 0 Å². The zero-order valence-corrected chi connectivity index (χ0v) is 16.0. The van der Waals surface area contributed by atoms with Crippen LogP contribution in [0.4, 0.5) is 0 Å². The lowest BCUT2D eigenvalue weighted by Crippen LogP contribution is -2.08. The summed E-state index contributed by atoms with van der Waals surface area (Å²) in [5.41, 5.74) is 2.83. The molecule has 1 heterocycles. The first-order chi connectivity index (χ1) is 14.1. The predicted molar refractivity (Wildman–Crippen MR) is 111 cm³/mol. The van der Waals surface area contributed by atoms with E-state index in [0.717, 1.165) is 23.8 Å². The third-order valence-corrected chi connectivity index (χ3v) is 4.82. The number of hydrogen-bond acceptors (Lipinski definition) is 5. The molecule has 29 heavy (non-hydrogen) atoms. The third-order valence-electron chi connectivity index (χ3n) is 4.82. The summed E-state index contributed by atoms with van der Waals surface area (Å²) < 4.78 is 11.3. The molecule has 0 atom stereocenters. The van der Waals surface area contributed by atoms with Crippen molar-refractivity contribution in [2.45, 2.75) is 19.8 Å². The standard InChI is InChI=1S/C24H20O5/c1-2-3-12-28-24(27)18-7-5-4-6-17(18)23-19-10-8-15(25)13-21(19)29-22-14-16(26)9-11-20(22)23/h4-11,13-14,25H,2-3,12H2,1H3. The number of esters is 1. The Morgan fingerprint density at radius 3 is 2.69 bits per heavy atom. The van der Waals surface area contributed by atoms with Gasteiger partial charge in [-0.15, -0.1) is 0 Å². The summed E-state index contributed by atoms with van der Waals surface area (Å²) in [5, 5.41) is 10.6. The van der Waals surface area contributed by atoms with Crippen molar-refractivity contribution in [2.75, 3.05) is 6.61 Å². The molecule has 0 saturated heterocycles. The van der Waals surface area contributed by atoms with Crippen LogP contribution in [0.1, 0.15) is 30.1 Å². The summed E-state index contributed by atoms with van der Waals surface area (Å²) >= 11 is 0. The van der Waals surface area contributed by atoms with Gasteiger partial charge in [0, 0.05) is 28.6 Å². The zero-order valence-electron chi connectivity index (χ0n) is 16.0. The fraction of sp³-hybridized carbons (Fsp3) is 0.167. The van der Waals surface area contributed by atoms with Gasteiger partial charge in [-0.1, -0.05) is 31.5 Å². The molecule has 5 nitrogen and oxygen atoms in total. The van der Waals surface area contributed by atoms with Gasteiger partial charge in [0.2, 0.25) is 0 Å². The summed E-state index contributed by atoms with van der Waals surface area (Å²) in [6, 6.07) is 16.6. The SMILES string of the molecule is CCCCOC(=O)c1ccccc1-c1c2ccc(=O)cc-2oc2cc(O)ccc12. The minimum atomic E-state index is -0.393. The Labute approximate surface area is 167 Å². The number of carbonyl (C=O) groups is 1. The second-order valence-electron chi connectivity index (χ2n) is 6.85. The fourth-order valence-electron chi connectivity index (χ4n) is 3.42. The van der Waals surface area contributed by atoms with Crippen LogP contribution in [0, 0.1) is 0 Å². The molecule has 146 valence electrons. The highest BCUT2D eigenvalue weighted by molar-refractivity contribution is 6.07. The van der Waals surface area contributed by atoms with Crippen LogP contribution in [0.2, 0.25) is 0 Å². The highest BCUT2D eigenvalue weighted by Crippen LogP contribution is 2.41. The number of unbranched alkanes of at least 4 members (excludes halogenated alkanes) is 1. The minimum Gasteiger partial charge on any atom is -0.508 e. The molecular weight excluding hydrogens is 368 g/mol. The molecule has 0 fully saturated rings. The number of benzene rings is 3. The average molecular weight is 388 g/mol. The van der Waals surface area contributed by atoms with Gasteiger partial charge in [-0.25, -0.2) is 4.79 Å². The topological polar surface area (TPSA) is 76.7 Å². The zero-order chi connectivity index (χ0) is 20.4. The number of aromatic hydroxyl groups is 1. The molecule has 0 aromatic heterocycles. The molecule has 2 aromatic carbocycles. The van der Waals surface area contributed by atoms with E-state index in [4.69, 9.17) is 9.15 Å². The van der Waals surface area contributed by atoms with Gasteiger partial charge in [-0.05, 0) is 42.3 Å². The van der Waals surface area contributed by atoms with Crippen molar-refractivity contribution < 1.29 is 19.1 Å². The number of hydrogen-bond donors (Lipinski definition) is 1. The second-order valence-corrected chi connectivity index (χ2v) is 6.85. The first kappa shape index (κ1) is 18.7. The van der Waals surface area contributed by atoms with Gasteiger partial charge < -0.3 is 14.3 Å². The van der Waals surface area contributed by atoms with Gasteiger partial charge in [0.25, 0.3) is 0 Å². The minimum absolute atomic E-state index is 0.0529. The van der Waals surface area contributed by atoms with Crippen molar-refractivity contribution in [1.82, 2.24) is 0 Å². The summed E-state index contributed by atoms with van der Waals surface area (Å²) in [4.78, 5) is 24.6. The molecule has 0 saturated carbocycles. The second kappa shape index (κ2) is 7.80. The summed E-state index contributed by atoms with van der Waals surface area (Å²) in [5.74, 6) is 0.0483. The van der Waals surface area contributed by atoms with Gasteiger partial charge in [0.1, 0.15) is 17.1 Å². The van der Waals surface area contributed by atoms with Crippen LogP contribution in [-0.2, 0) is 4.74 Å². The molecule has 5 heteroatoms. The van der Waals surface area contributed by atoms with Crippen molar-refractivity contribution in [1.29, 1.82) is 0 Å². The van der Waals surface area contributed by atoms with Crippen LogP contribution >= 0.6 is 0 Å².